The second-order valence-corrected chi connectivity index (χ2v) is 4.83. The molecule has 0 aliphatic rings. The SMILES string of the molecule is Cc1cc(C(=O)c2ccc(Br)cc2F)ccc1F. The normalized spacial score (nSPS) is 10.4. The third kappa shape index (κ3) is 2.48. The number of hydrogen-bond acceptors (Lipinski definition) is 1. The Morgan fingerprint density at radius 2 is 1.78 bits per heavy atom. The first-order valence-electron chi connectivity index (χ1n) is 5.25. The highest BCUT2D eigenvalue weighted by Gasteiger charge is 2.15. The Morgan fingerprint density at radius 3 is 2.39 bits per heavy atom. The van der Waals surface area contributed by atoms with Crippen LogP contribution in [0, 0.1) is 18.6 Å². The van der Waals surface area contributed by atoms with E-state index >= 15 is 0 Å². The fourth-order valence-electron chi connectivity index (χ4n) is 1.62. The predicted molar refractivity (Wildman–Crippen MR) is 68.7 cm³/mol. The van der Waals surface area contributed by atoms with Crippen molar-refractivity contribution >= 4 is 21.7 Å². The molecule has 0 aromatic heterocycles. The van der Waals surface area contributed by atoms with Crippen LogP contribution in [0.25, 0.3) is 0 Å². The van der Waals surface area contributed by atoms with E-state index in [1.54, 1.807) is 13.0 Å². The van der Waals surface area contributed by atoms with Gasteiger partial charge in [0.25, 0.3) is 0 Å². The van der Waals surface area contributed by atoms with E-state index in [9.17, 15) is 13.6 Å². The van der Waals surface area contributed by atoms with Crippen LogP contribution >= 0.6 is 15.9 Å². The van der Waals surface area contributed by atoms with Crippen molar-refractivity contribution in [3.05, 3.63) is 69.2 Å². The number of carbonyl (C=O) groups excluding carboxylic acids is 1. The Kier molecular flexibility index (Phi) is 3.57. The summed E-state index contributed by atoms with van der Waals surface area (Å²) in [5.41, 5.74) is 0.609. The van der Waals surface area contributed by atoms with Crippen LogP contribution in [0.2, 0.25) is 0 Å². The molecular formula is C14H9BrF2O. The van der Waals surface area contributed by atoms with Crippen LogP contribution in [0.15, 0.2) is 40.9 Å². The lowest BCUT2D eigenvalue weighted by molar-refractivity contribution is 0.103. The molecule has 0 aliphatic carbocycles. The second kappa shape index (κ2) is 4.98. The van der Waals surface area contributed by atoms with Crippen molar-refractivity contribution in [2.45, 2.75) is 6.92 Å². The first kappa shape index (κ1) is 12.9. The van der Waals surface area contributed by atoms with Gasteiger partial charge < -0.3 is 0 Å². The molecule has 0 heterocycles. The van der Waals surface area contributed by atoms with E-state index in [4.69, 9.17) is 0 Å². The molecule has 0 atom stereocenters. The van der Waals surface area contributed by atoms with Crippen LogP contribution in [-0.4, -0.2) is 5.78 Å². The van der Waals surface area contributed by atoms with E-state index in [1.807, 2.05) is 0 Å². The summed E-state index contributed by atoms with van der Waals surface area (Å²) in [7, 11) is 0. The molecule has 0 amide bonds. The number of aryl methyl sites for hydroxylation is 1. The Bertz CT molecular complexity index is 623. The highest BCUT2D eigenvalue weighted by Crippen LogP contribution is 2.19. The van der Waals surface area contributed by atoms with Crippen molar-refractivity contribution in [2.75, 3.05) is 0 Å². The van der Waals surface area contributed by atoms with Crippen LogP contribution in [-0.2, 0) is 0 Å². The first-order valence-corrected chi connectivity index (χ1v) is 6.04. The average Bonchev–Trinajstić information content (AvgIpc) is 2.32. The summed E-state index contributed by atoms with van der Waals surface area (Å²) in [5.74, 6) is -1.44. The molecular weight excluding hydrogens is 302 g/mol. The zero-order chi connectivity index (χ0) is 13.3. The van der Waals surface area contributed by atoms with Gasteiger partial charge in [-0.1, -0.05) is 15.9 Å². The minimum Gasteiger partial charge on any atom is -0.288 e. The molecule has 2 rings (SSSR count). The Balaban J connectivity index is 2.44. The van der Waals surface area contributed by atoms with Crippen molar-refractivity contribution in [3.63, 3.8) is 0 Å². The number of hydrogen-bond donors (Lipinski definition) is 0. The standard InChI is InChI=1S/C14H9BrF2O/c1-8-6-9(2-5-12(8)16)14(18)11-4-3-10(15)7-13(11)17/h2-7H,1H3. The predicted octanol–water partition coefficient (Wildman–Crippen LogP) is 4.27. The lowest BCUT2D eigenvalue weighted by Crippen LogP contribution is -2.05. The molecule has 4 heteroatoms. The summed E-state index contributed by atoms with van der Waals surface area (Å²) in [4.78, 5) is 12.1. The van der Waals surface area contributed by atoms with E-state index in [0.29, 0.717) is 10.0 Å². The third-order valence-electron chi connectivity index (χ3n) is 2.60. The van der Waals surface area contributed by atoms with Gasteiger partial charge >= 0.3 is 0 Å². The quantitative estimate of drug-likeness (QED) is 0.757. The minimum absolute atomic E-state index is 0.0239. The first-order chi connectivity index (χ1) is 8.49. The molecule has 0 saturated heterocycles. The molecule has 2 aromatic carbocycles. The average molecular weight is 311 g/mol. The van der Waals surface area contributed by atoms with Crippen LogP contribution in [0.3, 0.4) is 0 Å². The maximum absolute atomic E-state index is 13.6. The number of rotatable bonds is 2. The number of halogens is 3. The molecule has 0 unspecified atom stereocenters. The van der Waals surface area contributed by atoms with Gasteiger partial charge in [-0.2, -0.15) is 0 Å². The summed E-state index contributed by atoms with van der Waals surface area (Å²) in [6, 6.07) is 8.20. The fourth-order valence-corrected chi connectivity index (χ4v) is 1.95. The van der Waals surface area contributed by atoms with Gasteiger partial charge in [0.05, 0.1) is 5.56 Å². The van der Waals surface area contributed by atoms with Gasteiger partial charge in [0.1, 0.15) is 11.6 Å². The lowest BCUT2D eigenvalue weighted by Gasteiger charge is -2.05. The summed E-state index contributed by atoms with van der Waals surface area (Å²) >= 11 is 3.12. The van der Waals surface area contributed by atoms with Crippen molar-refractivity contribution in [1.82, 2.24) is 0 Å². The largest absolute Gasteiger partial charge is 0.288 e. The van der Waals surface area contributed by atoms with Gasteiger partial charge in [-0.25, -0.2) is 8.78 Å². The van der Waals surface area contributed by atoms with Gasteiger partial charge in [0.15, 0.2) is 5.78 Å². The van der Waals surface area contributed by atoms with E-state index < -0.39 is 11.6 Å². The van der Waals surface area contributed by atoms with E-state index in [0.717, 1.165) is 0 Å². The van der Waals surface area contributed by atoms with Gasteiger partial charge in [0, 0.05) is 10.0 Å². The lowest BCUT2D eigenvalue weighted by atomic mass is 10.0. The molecule has 0 radical (unpaired) electrons. The summed E-state index contributed by atoms with van der Waals surface area (Å²) < 4.78 is 27.3. The highest BCUT2D eigenvalue weighted by atomic mass is 79.9. The van der Waals surface area contributed by atoms with Crippen molar-refractivity contribution in [2.24, 2.45) is 0 Å². The maximum atomic E-state index is 13.6. The number of carbonyl (C=O) groups is 1. The topological polar surface area (TPSA) is 17.1 Å². The monoisotopic (exact) mass is 310 g/mol. The van der Waals surface area contributed by atoms with Crippen LogP contribution in [0.4, 0.5) is 8.78 Å². The van der Waals surface area contributed by atoms with Gasteiger partial charge in [-0.15, -0.1) is 0 Å². The Morgan fingerprint density at radius 1 is 1.06 bits per heavy atom. The van der Waals surface area contributed by atoms with E-state index in [1.165, 1.54) is 30.3 Å². The molecule has 2 aromatic rings. The summed E-state index contributed by atoms with van der Waals surface area (Å²) in [5, 5.41) is 0. The molecule has 0 fully saturated rings. The fraction of sp³-hybridized carbons (Fsp3) is 0.0714. The number of ketones is 1. The molecule has 0 aliphatic heterocycles. The van der Waals surface area contributed by atoms with Gasteiger partial charge in [-0.05, 0) is 48.9 Å². The molecule has 18 heavy (non-hydrogen) atoms. The molecule has 92 valence electrons. The summed E-state index contributed by atoms with van der Waals surface area (Å²) in [6.45, 7) is 1.56. The van der Waals surface area contributed by atoms with Gasteiger partial charge in [0.2, 0.25) is 0 Å². The Hall–Kier alpha value is -1.55. The zero-order valence-electron chi connectivity index (χ0n) is 9.51. The summed E-state index contributed by atoms with van der Waals surface area (Å²) in [6.07, 6.45) is 0. The molecule has 0 N–H and O–H groups in total. The highest BCUT2D eigenvalue weighted by molar-refractivity contribution is 9.10. The van der Waals surface area contributed by atoms with E-state index in [2.05, 4.69) is 15.9 Å². The minimum atomic E-state index is -0.601. The smallest absolute Gasteiger partial charge is 0.195 e. The third-order valence-corrected chi connectivity index (χ3v) is 3.09. The van der Waals surface area contributed by atoms with Crippen LogP contribution < -0.4 is 0 Å². The number of benzene rings is 2. The maximum Gasteiger partial charge on any atom is 0.195 e. The van der Waals surface area contributed by atoms with Crippen LogP contribution in [0.1, 0.15) is 21.5 Å². The Labute approximate surface area is 112 Å². The second-order valence-electron chi connectivity index (χ2n) is 3.92. The zero-order valence-corrected chi connectivity index (χ0v) is 11.1. The molecule has 1 nitrogen and oxygen atoms in total. The van der Waals surface area contributed by atoms with Crippen LogP contribution in [0.5, 0.6) is 0 Å². The van der Waals surface area contributed by atoms with Crippen molar-refractivity contribution in [3.8, 4) is 0 Å². The van der Waals surface area contributed by atoms with Crippen molar-refractivity contribution in [1.29, 1.82) is 0 Å². The molecule has 0 saturated carbocycles. The van der Waals surface area contributed by atoms with Gasteiger partial charge in [-0.3, -0.25) is 4.79 Å². The molecule has 0 bridgehead atoms. The van der Waals surface area contributed by atoms with E-state index in [-0.39, 0.29) is 16.9 Å². The van der Waals surface area contributed by atoms with Crippen molar-refractivity contribution < 1.29 is 13.6 Å². The molecule has 0 spiro atoms.